The Morgan fingerprint density at radius 1 is 1.60 bits per heavy atom. The number of carbonyl (C=O) groups excluding carboxylic acids is 1. The van der Waals surface area contributed by atoms with E-state index in [2.05, 4.69) is 10.6 Å². The fourth-order valence-corrected chi connectivity index (χ4v) is 2.78. The van der Waals surface area contributed by atoms with Gasteiger partial charge in [0.1, 0.15) is 4.34 Å². The lowest BCUT2D eigenvalue weighted by Crippen LogP contribution is -2.48. The van der Waals surface area contributed by atoms with Gasteiger partial charge in [-0.3, -0.25) is 4.79 Å². The third-order valence-corrected chi connectivity index (χ3v) is 3.81. The molecule has 0 spiro atoms. The summed E-state index contributed by atoms with van der Waals surface area (Å²) in [7, 11) is 0. The lowest BCUT2D eigenvalue weighted by Gasteiger charge is -2.26. The van der Waals surface area contributed by atoms with Crippen molar-refractivity contribution in [2.24, 2.45) is 5.92 Å². The predicted molar refractivity (Wildman–Crippen MR) is 63.0 cm³/mol. The van der Waals surface area contributed by atoms with E-state index in [1.54, 1.807) is 6.07 Å². The van der Waals surface area contributed by atoms with E-state index in [1.807, 2.05) is 0 Å². The molecule has 0 bridgehead atoms. The second-order valence-corrected chi connectivity index (χ2v) is 5.76. The van der Waals surface area contributed by atoms with Crippen LogP contribution in [0.3, 0.4) is 0 Å². The van der Waals surface area contributed by atoms with Gasteiger partial charge in [0.15, 0.2) is 0 Å². The van der Waals surface area contributed by atoms with Gasteiger partial charge < -0.3 is 10.6 Å². The van der Waals surface area contributed by atoms with Gasteiger partial charge in [-0.05, 0) is 6.07 Å². The molecular formula is C9H10Cl2N2OS. The molecule has 1 aromatic rings. The standard InChI is InChI=1S/C9H10Cl2N2OS/c10-7-1-6(8(11)15-7)9(14)13-4-5-2-12-3-5/h1,5,12H,2-4H2,(H,13,14). The molecule has 15 heavy (non-hydrogen) atoms. The average Bonchev–Trinajstić information content (AvgIpc) is 2.42. The number of hydrogen-bond acceptors (Lipinski definition) is 3. The van der Waals surface area contributed by atoms with Crippen molar-refractivity contribution in [2.45, 2.75) is 0 Å². The zero-order chi connectivity index (χ0) is 10.8. The number of hydrogen-bond donors (Lipinski definition) is 2. The molecule has 2 N–H and O–H groups in total. The zero-order valence-corrected chi connectivity index (χ0v) is 10.2. The molecule has 1 saturated heterocycles. The van der Waals surface area contributed by atoms with Gasteiger partial charge in [0.2, 0.25) is 0 Å². The van der Waals surface area contributed by atoms with Crippen molar-refractivity contribution < 1.29 is 4.79 Å². The number of carbonyl (C=O) groups is 1. The summed E-state index contributed by atoms with van der Waals surface area (Å²) >= 11 is 12.8. The minimum absolute atomic E-state index is 0.143. The van der Waals surface area contributed by atoms with Crippen LogP contribution in [0.1, 0.15) is 10.4 Å². The summed E-state index contributed by atoms with van der Waals surface area (Å²) in [4.78, 5) is 11.7. The molecule has 2 rings (SSSR count). The Labute approximate surface area is 102 Å². The summed E-state index contributed by atoms with van der Waals surface area (Å²) in [6, 6.07) is 1.60. The first kappa shape index (κ1) is 11.2. The van der Waals surface area contributed by atoms with Crippen LogP contribution in [0.25, 0.3) is 0 Å². The Balaban J connectivity index is 1.92. The van der Waals surface area contributed by atoms with Crippen molar-refractivity contribution >= 4 is 40.4 Å². The van der Waals surface area contributed by atoms with E-state index in [0.717, 1.165) is 13.1 Å². The molecule has 0 radical (unpaired) electrons. The first-order valence-corrected chi connectivity index (χ1v) is 6.18. The summed E-state index contributed by atoms with van der Waals surface area (Å²) in [6.07, 6.45) is 0. The number of amides is 1. The van der Waals surface area contributed by atoms with Gasteiger partial charge in [-0.1, -0.05) is 23.2 Å². The summed E-state index contributed by atoms with van der Waals surface area (Å²) in [6.45, 7) is 2.63. The monoisotopic (exact) mass is 264 g/mol. The van der Waals surface area contributed by atoms with Gasteiger partial charge in [0, 0.05) is 25.6 Å². The molecule has 0 aromatic carbocycles. The summed E-state index contributed by atoms with van der Waals surface area (Å²) in [5.74, 6) is 0.400. The van der Waals surface area contributed by atoms with Crippen LogP contribution in [0, 0.1) is 5.92 Å². The highest BCUT2D eigenvalue weighted by molar-refractivity contribution is 7.20. The largest absolute Gasteiger partial charge is 0.352 e. The number of thiophene rings is 1. The van der Waals surface area contributed by atoms with Crippen molar-refractivity contribution in [2.75, 3.05) is 19.6 Å². The molecule has 1 aromatic heterocycles. The summed E-state index contributed by atoms with van der Waals surface area (Å²) in [5.41, 5.74) is 0.471. The van der Waals surface area contributed by atoms with E-state index >= 15 is 0 Å². The number of rotatable bonds is 3. The van der Waals surface area contributed by atoms with Crippen molar-refractivity contribution in [1.29, 1.82) is 0 Å². The smallest absolute Gasteiger partial charge is 0.253 e. The first-order chi connectivity index (χ1) is 7.16. The maximum absolute atomic E-state index is 11.7. The van der Waals surface area contributed by atoms with Crippen molar-refractivity contribution in [3.8, 4) is 0 Å². The minimum atomic E-state index is -0.143. The van der Waals surface area contributed by atoms with E-state index in [1.165, 1.54) is 11.3 Å². The number of nitrogens with one attached hydrogen (secondary N) is 2. The lowest BCUT2D eigenvalue weighted by atomic mass is 10.0. The Morgan fingerprint density at radius 3 is 2.80 bits per heavy atom. The third kappa shape index (κ3) is 2.64. The van der Waals surface area contributed by atoms with E-state index in [9.17, 15) is 4.79 Å². The molecule has 1 aliphatic rings. The molecule has 1 fully saturated rings. The van der Waals surface area contributed by atoms with Crippen molar-refractivity contribution in [3.05, 3.63) is 20.3 Å². The Kier molecular flexibility index (Phi) is 3.51. The van der Waals surface area contributed by atoms with Crippen LogP contribution in [0.4, 0.5) is 0 Å². The van der Waals surface area contributed by atoms with E-state index in [4.69, 9.17) is 23.2 Å². The lowest BCUT2D eigenvalue weighted by molar-refractivity contribution is 0.0943. The molecule has 6 heteroatoms. The highest BCUT2D eigenvalue weighted by Gasteiger charge is 2.19. The normalized spacial score (nSPS) is 16.1. The molecule has 0 saturated carbocycles. The Hall–Kier alpha value is -0.290. The molecule has 1 amide bonds. The molecular weight excluding hydrogens is 255 g/mol. The van der Waals surface area contributed by atoms with E-state index in [0.29, 0.717) is 26.7 Å². The highest BCUT2D eigenvalue weighted by Crippen LogP contribution is 2.30. The highest BCUT2D eigenvalue weighted by atomic mass is 35.5. The van der Waals surface area contributed by atoms with Crippen LogP contribution >= 0.6 is 34.5 Å². The van der Waals surface area contributed by atoms with Crippen LogP contribution in [0.15, 0.2) is 6.07 Å². The van der Waals surface area contributed by atoms with Gasteiger partial charge in [-0.15, -0.1) is 11.3 Å². The predicted octanol–water partition coefficient (Wildman–Crippen LogP) is 2.00. The summed E-state index contributed by atoms with van der Waals surface area (Å²) < 4.78 is 0.986. The zero-order valence-electron chi connectivity index (χ0n) is 7.85. The van der Waals surface area contributed by atoms with Crippen LogP contribution in [0.2, 0.25) is 8.67 Å². The van der Waals surface area contributed by atoms with Crippen LogP contribution in [0.5, 0.6) is 0 Å². The topological polar surface area (TPSA) is 41.1 Å². The quantitative estimate of drug-likeness (QED) is 0.877. The van der Waals surface area contributed by atoms with Gasteiger partial charge >= 0.3 is 0 Å². The fraction of sp³-hybridized carbons (Fsp3) is 0.444. The van der Waals surface area contributed by atoms with E-state index in [-0.39, 0.29) is 5.91 Å². The summed E-state index contributed by atoms with van der Waals surface area (Å²) in [5, 5.41) is 5.98. The maximum Gasteiger partial charge on any atom is 0.253 e. The third-order valence-electron chi connectivity index (χ3n) is 2.32. The second kappa shape index (κ2) is 4.70. The van der Waals surface area contributed by atoms with Crippen LogP contribution in [-0.4, -0.2) is 25.5 Å². The second-order valence-electron chi connectivity index (χ2n) is 3.47. The Bertz CT molecular complexity index is 376. The van der Waals surface area contributed by atoms with Gasteiger partial charge in [0.25, 0.3) is 5.91 Å². The molecule has 2 heterocycles. The molecule has 82 valence electrons. The van der Waals surface area contributed by atoms with Gasteiger partial charge in [0.05, 0.1) is 9.90 Å². The number of halogens is 2. The molecule has 3 nitrogen and oxygen atoms in total. The van der Waals surface area contributed by atoms with Crippen molar-refractivity contribution in [1.82, 2.24) is 10.6 Å². The maximum atomic E-state index is 11.7. The van der Waals surface area contributed by atoms with Gasteiger partial charge in [-0.2, -0.15) is 0 Å². The molecule has 0 aliphatic carbocycles. The minimum Gasteiger partial charge on any atom is -0.352 e. The SMILES string of the molecule is O=C(NCC1CNC1)c1cc(Cl)sc1Cl. The van der Waals surface area contributed by atoms with Crippen molar-refractivity contribution in [3.63, 3.8) is 0 Å². The van der Waals surface area contributed by atoms with E-state index < -0.39 is 0 Å². The molecule has 0 atom stereocenters. The molecule has 1 aliphatic heterocycles. The average molecular weight is 265 g/mol. The van der Waals surface area contributed by atoms with Crippen LogP contribution in [-0.2, 0) is 0 Å². The first-order valence-electron chi connectivity index (χ1n) is 4.60. The fourth-order valence-electron chi connectivity index (χ4n) is 1.32. The Morgan fingerprint density at radius 2 is 2.33 bits per heavy atom. The van der Waals surface area contributed by atoms with Gasteiger partial charge in [-0.25, -0.2) is 0 Å². The van der Waals surface area contributed by atoms with Crippen LogP contribution < -0.4 is 10.6 Å². The molecule has 0 unspecified atom stereocenters.